The monoisotopic (exact) mass is 447 g/mol. The third-order valence-corrected chi connectivity index (χ3v) is 5.43. The molecule has 1 N–H and O–H groups in total. The fraction of sp³-hybridized carbons (Fsp3) is 0.400. The number of hydrogen-bond donors (Lipinski definition) is 1. The number of hydrogen-bond acceptors (Lipinski definition) is 2. The highest BCUT2D eigenvalue weighted by molar-refractivity contribution is 14.1. The quantitative estimate of drug-likeness (QED) is 0.693. The molecule has 20 heavy (non-hydrogen) atoms. The lowest BCUT2D eigenvalue weighted by Crippen LogP contribution is -2.26. The van der Waals surface area contributed by atoms with Gasteiger partial charge >= 0.3 is 0 Å². The Morgan fingerprint density at radius 3 is 2.80 bits per heavy atom. The first-order valence-electron chi connectivity index (χ1n) is 6.79. The molecule has 1 aromatic heterocycles. The molecule has 2 rings (SSSR count). The van der Waals surface area contributed by atoms with Gasteiger partial charge in [-0.3, -0.25) is 4.68 Å². The Morgan fingerprint density at radius 1 is 1.40 bits per heavy atom. The molecule has 0 amide bonds. The summed E-state index contributed by atoms with van der Waals surface area (Å²) in [5, 5.41) is 8.03. The molecule has 2 aromatic rings. The SMILES string of the molecule is CCNC(c1cccc(C)c1I)c1c(Br)cnn1CC. The highest BCUT2D eigenvalue weighted by Crippen LogP contribution is 2.32. The molecule has 5 heteroatoms. The van der Waals surface area contributed by atoms with Gasteiger partial charge in [-0.25, -0.2) is 0 Å². The number of nitrogens with zero attached hydrogens (tertiary/aromatic N) is 2. The standard InChI is InChI=1S/C15H19BrIN3/c1-4-18-14(11-8-6-7-10(3)13(11)17)15-12(16)9-19-20(15)5-2/h6-9,14,18H,4-5H2,1-3H3. The fourth-order valence-electron chi connectivity index (χ4n) is 2.36. The van der Waals surface area contributed by atoms with E-state index in [9.17, 15) is 0 Å². The van der Waals surface area contributed by atoms with Crippen molar-refractivity contribution in [1.82, 2.24) is 15.1 Å². The van der Waals surface area contributed by atoms with Crippen LogP contribution >= 0.6 is 38.5 Å². The van der Waals surface area contributed by atoms with Crippen molar-refractivity contribution in [1.29, 1.82) is 0 Å². The first-order chi connectivity index (χ1) is 9.60. The Hall–Kier alpha value is -0.400. The van der Waals surface area contributed by atoms with Gasteiger partial charge in [0.2, 0.25) is 0 Å². The highest BCUT2D eigenvalue weighted by Gasteiger charge is 2.23. The molecule has 108 valence electrons. The summed E-state index contributed by atoms with van der Waals surface area (Å²) in [6, 6.07) is 6.63. The molecule has 0 spiro atoms. The number of halogens is 2. The Balaban J connectivity index is 2.56. The number of nitrogens with one attached hydrogen (secondary N) is 1. The number of aryl methyl sites for hydroxylation is 2. The van der Waals surface area contributed by atoms with E-state index < -0.39 is 0 Å². The second kappa shape index (κ2) is 7.04. The van der Waals surface area contributed by atoms with E-state index >= 15 is 0 Å². The van der Waals surface area contributed by atoms with E-state index in [4.69, 9.17) is 0 Å². The fourth-order valence-corrected chi connectivity index (χ4v) is 3.56. The van der Waals surface area contributed by atoms with Gasteiger partial charge in [0, 0.05) is 10.1 Å². The van der Waals surface area contributed by atoms with Crippen LogP contribution in [0.25, 0.3) is 0 Å². The average molecular weight is 448 g/mol. The normalized spacial score (nSPS) is 12.7. The molecular formula is C15H19BrIN3. The van der Waals surface area contributed by atoms with Crippen molar-refractivity contribution in [3.63, 3.8) is 0 Å². The van der Waals surface area contributed by atoms with Crippen LogP contribution in [-0.2, 0) is 6.54 Å². The van der Waals surface area contributed by atoms with Crippen LogP contribution < -0.4 is 5.32 Å². The predicted molar refractivity (Wildman–Crippen MR) is 95.0 cm³/mol. The molecule has 0 aliphatic rings. The maximum absolute atomic E-state index is 4.44. The van der Waals surface area contributed by atoms with Crippen molar-refractivity contribution >= 4 is 38.5 Å². The van der Waals surface area contributed by atoms with Crippen LogP contribution in [-0.4, -0.2) is 16.3 Å². The Labute approximate surface area is 142 Å². The van der Waals surface area contributed by atoms with E-state index in [0.717, 1.165) is 17.6 Å². The minimum atomic E-state index is 0.156. The summed E-state index contributed by atoms with van der Waals surface area (Å²) in [6.07, 6.45) is 1.88. The summed E-state index contributed by atoms with van der Waals surface area (Å²) in [4.78, 5) is 0. The van der Waals surface area contributed by atoms with Gasteiger partial charge in [0.1, 0.15) is 0 Å². The highest BCUT2D eigenvalue weighted by atomic mass is 127. The molecule has 0 saturated heterocycles. The van der Waals surface area contributed by atoms with Crippen molar-refractivity contribution in [2.24, 2.45) is 0 Å². The third kappa shape index (κ3) is 3.09. The Morgan fingerprint density at radius 2 is 2.15 bits per heavy atom. The smallest absolute Gasteiger partial charge is 0.0770 e. The lowest BCUT2D eigenvalue weighted by molar-refractivity contribution is 0.539. The summed E-state index contributed by atoms with van der Waals surface area (Å²) in [5.41, 5.74) is 3.81. The van der Waals surface area contributed by atoms with Crippen molar-refractivity contribution in [2.45, 2.75) is 33.4 Å². The first-order valence-corrected chi connectivity index (χ1v) is 8.66. The molecule has 3 nitrogen and oxygen atoms in total. The second-order valence-electron chi connectivity index (χ2n) is 4.66. The van der Waals surface area contributed by atoms with Crippen LogP contribution in [0.15, 0.2) is 28.9 Å². The van der Waals surface area contributed by atoms with Crippen LogP contribution in [0.5, 0.6) is 0 Å². The molecule has 1 atom stereocenters. The number of benzene rings is 1. The van der Waals surface area contributed by atoms with Crippen LogP contribution in [0, 0.1) is 10.5 Å². The molecular weight excluding hydrogens is 429 g/mol. The van der Waals surface area contributed by atoms with Gasteiger partial charge in [0.15, 0.2) is 0 Å². The van der Waals surface area contributed by atoms with Crippen molar-refractivity contribution in [3.8, 4) is 0 Å². The van der Waals surface area contributed by atoms with Gasteiger partial charge in [-0.2, -0.15) is 5.10 Å². The predicted octanol–water partition coefficient (Wildman–Crippen LogP) is 4.28. The molecule has 0 aliphatic carbocycles. The van der Waals surface area contributed by atoms with E-state index in [-0.39, 0.29) is 6.04 Å². The van der Waals surface area contributed by atoms with E-state index in [1.54, 1.807) is 0 Å². The number of aromatic nitrogens is 2. The third-order valence-electron chi connectivity index (χ3n) is 3.35. The Bertz CT molecular complexity index is 595. The number of rotatable bonds is 5. The molecule has 0 radical (unpaired) electrons. The molecule has 0 bridgehead atoms. The van der Waals surface area contributed by atoms with Crippen LogP contribution in [0.4, 0.5) is 0 Å². The summed E-state index contributed by atoms with van der Waals surface area (Å²) in [6.45, 7) is 8.19. The van der Waals surface area contributed by atoms with Crippen LogP contribution in [0.1, 0.15) is 36.7 Å². The maximum Gasteiger partial charge on any atom is 0.0770 e. The van der Waals surface area contributed by atoms with E-state index in [0.29, 0.717) is 0 Å². The van der Waals surface area contributed by atoms with Crippen molar-refractivity contribution in [3.05, 3.63) is 49.3 Å². The van der Waals surface area contributed by atoms with Crippen molar-refractivity contribution < 1.29 is 0 Å². The summed E-state index contributed by atoms with van der Waals surface area (Å²) in [7, 11) is 0. The molecule has 1 aromatic carbocycles. The molecule has 1 unspecified atom stereocenters. The topological polar surface area (TPSA) is 29.9 Å². The molecule has 0 saturated carbocycles. The van der Waals surface area contributed by atoms with E-state index in [2.05, 4.69) is 92.6 Å². The Kier molecular flexibility index (Phi) is 5.63. The first kappa shape index (κ1) is 16.0. The lowest BCUT2D eigenvalue weighted by Gasteiger charge is -2.22. The van der Waals surface area contributed by atoms with Crippen LogP contribution in [0.3, 0.4) is 0 Å². The largest absolute Gasteiger partial charge is 0.305 e. The zero-order chi connectivity index (χ0) is 14.7. The lowest BCUT2D eigenvalue weighted by atomic mass is 10.0. The minimum absolute atomic E-state index is 0.156. The molecule has 0 fully saturated rings. The van der Waals surface area contributed by atoms with Crippen molar-refractivity contribution in [2.75, 3.05) is 6.54 Å². The van der Waals surface area contributed by atoms with Gasteiger partial charge < -0.3 is 5.32 Å². The molecule has 1 heterocycles. The van der Waals surface area contributed by atoms with Gasteiger partial charge in [0.25, 0.3) is 0 Å². The van der Waals surface area contributed by atoms with Gasteiger partial charge in [0.05, 0.1) is 22.4 Å². The van der Waals surface area contributed by atoms with Gasteiger partial charge in [-0.05, 0) is 70.0 Å². The summed E-state index contributed by atoms with van der Waals surface area (Å²) < 4.78 is 4.42. The van der Waals surface area contributed by atoms with E-state index in [1.165, 1.54) is 20.4 Å². The molecule has 0 aliphatic heterocycles. The zero-order valence-corrected chi connectivity index (χ0v) is 15.7. The van der Waals surface area contributed by atoms with Gasteiger partial charge in [-0.15, -0.1) is 0 Å². The summed E-state index contributed by atoms with van der Waals surface area (Å²) in [5.74, 6) is 0. The van der Waals surface area contributed by atoms with Gasteiger partial charge in [-0.1, -0.05) is 25.1 Å². The average Bonchev–Trinajstić information content (AvgIpc) is 2.81. The zero-order valence-electron chi connectivity index (χ0n) is 12.0. The maximum atomic E-state index is 4.44. The summed E-state index contributed by atoms with van der Waals surface area (Å²) >= 11 is 6.08. The van der Waals surface area contributed by atoms with Crippen LogP contribution in [0.2, 0.25) is 0 Å². The minimum Gasteiger partial charge on any atom is -0.305 e. The second-order valence-corrected chi connectivity index (χ2v) is 6.60. The van der Waals surface area contributed by atoms with E-state index in [1.807, 2.05) is 6.20 Å².